The summed E-state index contributed by atoms with van der Waals surface area (Å²) >= 11 is 5.61. The van der Waals surface area contributed by atoms with Gasteiger partial charge in [0.25, 0.3) is 0 Å². The molecule has 8 heteroatoms. The van der Waals surface area contributed by atoms with Crippen molar-refractivity contribution in [3.63, 3.8) is 0 Å². The Morgan fingerprint density at radius 1 is 1.33 bits per heavy atom. The van der Waals surface area contributed by atoms with Crippen molar-refractivity contribution in [3.05, 3.63) is 34.9 Å². The number of benzene rings is 1. The van der Waals surface area contributed by atoms with Crippen molar-refractivity contribution in [2.24, 2.45) is 0 Å². The third-order valence-corrected chi connectivity index (χ3v) is 2.14. The predicted molar refractivity (Wildman–Crippen MR) is 63.6 cm³/mol. The van der Waals surface area contributed by atoms with E-state index in [2.05, 4.69) is 20.3 Å². The Kier molecular flexibility index (Phi) is 3.21. The minimum Gasteiger partial charge on any atom is -0.368 e. The second-order valence-electron chi connectivity index (χ2n) is 3.21. The van der Waals surface area contributed by atoms with E-state index in [0.717, 1.165) is 6.07 Å². The van der Waals surface area contributed by atoms with Crippen molar-refractivity contribution in [1.29, 1.82) is 5.26 Å². The Balaban J connectivity index is 2.37. The molecule has 1 aromatic carbocycles. The van der Waals surface area contributed by atoms with Gasteiger partial charge in [-0.1, -0.05) is 0 Å². The molecule has 0 saturated heterocycles. The molecule has 0 amide bonds. The number of halogens is 2. The Hall–Kier alpha value is -2.46. The lowest BCUT2D eigenvalue weighted by Gasteiger charge is -2.06. The number of nitrogen functional groups attached to an aromatic ring is 1. The van der Waals surface area contributed by atoms with Crippen LogP contribution in [0.2, 0.25) is 5.28 Å². The predicted octanol–water partition coefficient (Wildman–Crippen LogP) is 1.86. The lowest BCUT2D eigenvalue weighted by atomic mass is 10.2. The maximum Gasteiger partial charge on any atom is 0.233 e. The van der Waals surface area contributed by atoms with Crippen molar-refractivity contribution in [2.75, 3.05) is 11.1 Å². The average Bonchev–Trinajstić information content (AvgIpc) is 2.30. The zero-order valence-corrected chi connectivity index (χ0v) is 9.61. The fraction of sp³-hybridized carbons (Fsp3) is 0. The number of hydrogen-bond acceptors (Lipinski definition) is 6. The molecule has 2 aromatic rings. The molecule has 0 aliphatic carbocycles. The highest BCUT2D eigenvalue weighted by molar-refractivity contribution is 6.28. The van der Waals surface area contributed by atoms with Crippen molar-refractivity contribution >= 4 is 29.2 Å². The molecule has 0 bridgehead atoms. The highest BCUT2D eigenvalue weighted by Crippen LogP contribution is 2.20. The molecule has 90 valence electrons. The SMILES string of the molecule is N#Cc1cc(F)ccc1Nc1nc(N)nc(Cl)n1. The lowest BCUT2D eigenvalue weighted by molar-refractivity contribution is 0.627. The summed E-state index contributed by atoms with van der Waals surface area (Å²) in [5.41, 5.74) is 5.86. The van der Waals surface area contributed by atoms with Gasteiger partial charge in [-0.05, 0) is 29.8 Å². The van der Waals surface area contributed by atoms with Crippen LogP contribution < -0.4 is 11.1 Å². The van der Waals surface area contributed by atoms with Crippen LogP contribution >= 0.6 is 11.6 Å². The summed E-state index contributed by atoms with van der Waals surface area (Å²) < 4.78 is 12.9. The first-order valence-electron chi connectivity index (χ1n) is 4.72. The van der Waals surface area contributed by atoms with E-state index < -0.39 is 5.82 Å². The Morgan fingerprint density at radius 2 is 2.11 bits per heavy atom. The summed E-state index contributed by atoms with van der Waals surface area (Å²) in [6, 6.07) is 5.53. The molecule has 18 heavy (non-hydrogen) atoms. The summed E-state index contributed by atoms with van der Waals surface area (Å²) in [6.07, 6.45) is 0. The van der Waals surface area contributed by atoms with Crippen LogP contribution in [-0.4, -0.2) is 15.0 Å². The molecule has 0 aliphatic rings. The smallest absolute Gasteiger partial charge is 0.233 e. The molecule has 0 aliphatic heterocycles. The molecule has 0 fully saturated rings. The third kappa shape index (κ3) is 2.61. The molecule has 3 N–H and O–H groups in total. The largest absolute Gasteiger partial charge is 0.368 e. The van der Waals surface area contributed by atoms with Gasteiger partial charge in [-0.2, -0.15) is 20.2 Å². The third-order valence-electron chi connectivity index (χ3n) is 1.97. The molecule has 0 atom stereocenters. The van der Waals surface area contributed by atoms with Crippen molar-refractivity contribution < 1.29 is 4.39 Å². The standard InChI is InChI=1S/C10H6ClFN6/c11-8-16-9(14)18-10(17-8)15-7-2-1-6(12)3-5(7)4-13/h1-3H,(H3,14,15,16,17,18). The number of anilines is 3. The van der Waals surface area contributed by atoms with Gasteiger partial charge in [-0.3, -0.25) is 0 Å². The minimum absolute atomic E-state index is 0.0573. The first-order valence-corrected chi connectivity index (χ1v) is 5.10. The molecule has 1 heterocycles. The van der Waals surface area contributed by atoms with Gasteiger partial charge in [-0.25, -0.2) is 4.39 Å². The molecule has 6 nitrogen and oxygen atoms in total. The van der Waals surface area contributed by atoms with E-state index in [9.17, 15) is 4.39 Å². The van der Waals surface area contributed by atoms with E-state index in [0.29, 0.717) is 5.69 Å². The van der Waals surface area contributed by atoms with Crippen molar-refractivity contribution in [2.45, 2.75) is 0 Å². The van der Waals surface area contributed by atoms with Crippen LogP contribution in [0.25, 0.3) is 0 Å². The second-order valence-corrected chi connectivity index (χ2v) is 3.55. The van der Waals surface area contributed by atoms with E-state index >= 15 is 0 Å². The number of nitrogens with zero attached hydrogens (tertiary/aromatic N) is 4. The number of rotatable bonds is 2. The quantitative estimate of drug-likeness (QED) is 0.859. The van der Waals surface area contributed by atoms with Crippen LogP contribution in [0.15, 0.2) is 18.2 Å². The number of nitriles is 1. The first kappa shape index (κ1) is 12.0. The fourth-order valence-corrected chi connectivity index (χ4v) is 1.43. The maximum atomic E-state index is 12.9. The van der Waals surface area contributed by atoms with Crippen LogP contribution in [0.1, 0.15) is 5.56 Å². The Morgan fingerprint density at radius 3 is 2.78 bits per heavy atom. The van der Waals surface area contributed by atoms with Crippen LogP contribution in [0.5, 0.6) is 0 Å². The van der Waals surface area contributed by atoms with E-state index in [4.69, 9.17) is 22.6 Å². The molecule has 0 radical (unpaired) electrons. The summed E-state index contributed by atoms with van der Waals surface area (Å²) in [5.74, 6) is -0.487. The normalized spacial score (nSPS) is 9.83. The second kappa shape index (κ2) is 4.81. The van der Waals surface area contributed by atoms with Gasteiger partial charge in [0.1, 0.15) is 11.9 Å². The van der Waals surface area contributed by atoms with E-state index in [1.54, 1.807) is 0 Å². The van der Waals surface area contributed by atoms with Crippen LogP contribution in [0.4, 0.5) is 22.0 Å². The minimum atomic E-state index is -0.509. The summed E-state index contributed by atoms with van der Waals surface area (Å²) in [5, 5.41) is 11.5. The van der Waals surface area contributed by atoms with Crippen LogP contribution in [-0.2, 0) is 0 Å². The number of hydrogen-bond donors (Lipinski definition) is 2. The van der Waals surface area contributed by atoms with Crippen LogP contribution in [0, 0.1) is 17.1 Å². The van der Waals surface area contributed by atoms with E-state index in [-0.39, 0.29) is 22.7 Å². The number of aromatic nitrogens is 3. The molecular weight excluding hydrogens is 259 g/mol. The first-order chi connectivity index (χ1) is 8.58. The molecule has 2 rings (SSSR count). The highest BCUT2D eigenvalue weighted by Gasteiger charge is 2.07. The lowest BCUT2D eigenvalue weighted by Crippen LogP contribution is -2.04. The van der Waals surface area contributed by atoms with E-state index in [1.807, 2.05) is 6.07 Å². The zero-order valence-electron chi connectivity index (χ0n) is 8.85. The highest BCUT2D eigenvalue weighted by atomic mass is 35.5. The van der Waals surface area contributed by atoms with Gasteiger partial charge >= 0.3 is 0 Å². The Bertz CT molecular complexity index is 619. The number of nitrogens with two attached hydrogens (primary N) is 1. The molecular formula is C10H6ClFN6. The van der Waals surface area contributed by atoms with Crippen molar-refractivity contribution in [1.82, 2.24) is 15.0 Å². The van der Waals surface area contributed by atoms with Gasteiger partial charge < -0.3 is 11.1 Å². The van der Waals surface area contributed by atoms with Gasteiger partial charge in [0, 0.05) is 0 Å². The zero-order chi connectivity index (χ0) is 13.1. The monoisotopic (exact) mass is 264 g/mol. The van der Waals surface area contributed by atoms with E-state index in [1.165, 1.54) is 12.1 Å². The maximum absolute atomic E-state index is 12.9. The van der Waals surface area contributed by atoms with Gasteiger partial charge in [0.05, 0.1) is 11.3 Å². The fourth-order valence-electron chi connectivity index (χ4n) is 1.26. The molecule has 0 unspecified atom stereocenters. The van der Waals surface area contributed by atoms with Crippen LogP contribution in [0.3, 0.4) is 0 Å². The van der Waals surface area contributed by atoms with Gasteiger partial charge in [-0.15, -0.1) is 0 Å². The number of nitrogens with one attached hydrogen (secondary N) is 1. The van der Waals surface area contributed by atoms with Gasteiger partial charge in [0.2, 0.25) is 17.2 Å². The summed E-state index contributed by atoms with van der Waals surface area (Å²) in [4.78, 5) is 11.1. The average molecular weight is 265 g/mol. The molecule has 1 aromatic heterocycles. The molecule has 0 spiro atoms. The Labute approximate surface area is 106 Å². The van der Waals surface area contributed by atoms with Crippen molar-refractivity contribution in [3.8, 4) is 6.07 Å². The van der Waals surface area contributed by atoms with Gasteiger partial charge in [0.15, 0.2) is 0 Å². The molecule has 0 saturated carbocycles. The summed E-state index contributed by atoms with van der Waals surface area (Å²) in [6.45, 7) is 0. The topological polar surface area (TPSA) is 101 Å². The summed E-state index contributed by atoms with van der Waals surface area (Å²) in [7, 11) is 0.